The summed E-state index contributed by atoms with van der Waals surface area (Å²) in [6.45, 7) is 5.50. The van der Waals surface area contributed by atoms with Crippen LogP contribution in [0.3, 0.4) is 0 Å². The van der Waals surface area contributed by atoms with E-state index in [1.54, 1.807) is 6.07 Å². The predicted octanol–water partition coefficient (Wildman–Crippen LogP) is 5.28. The zero-order chi connectivity index (χ0) is 23.1. The number of hydrogen-bond donors (Lipinski definition) is 1. The first-order chi connectivity index (χ1) is 15.0. The number of aliphatic hydroxyl groups is 1. The van der Waals surface area contributed by atoms with Crippen LogP contribution < -0.4 is 0 Å². The molecule has 3 fully saturated rings. The van der Waals surface area contributed by atoms with Gasteiger partial charge in [0.15, 0.2) is 5.78 Å². The molecule has 0 aromatic carbocycles. The third-order valence-electron chi connectivity index (χ3n) is 8.99. The highest BCUT2D eigenvalue weighted by atomic mass is 19.1. The van der Waals surface area contributed by atoms with Crippen LogP contribution >= 0.6 is 0 Å². The maximum atomic E-state index is 17.0. The van der Waals surface area contributed by atoms with E-state index in [1.807, 2.05) is 13.8 Å². The number of allylic oxidation sites excluding steroid dienone is 3. The number of carbonyl (C=O) groups excluding carboxylic acids is 2. The molecule has 1 aromatic rings. The molecular formula is C25H28F2O5. The second-order valence-corrected chi connectivity index (χ2v) is 10.5. The maximum absolute atomic E-state index is 17.0. The molecule has 5 rings (SSSR count). The highest BCUT2D eigenvalue weighted by molar-refractivity contribution is 6.02. The third kappa shape index (κ3) is 2.59. The van der Waals surface area contributed by atoms with E-state index < -0.39 is 52.2 Å². The number of halogens is 2. The fourth-order valence-electron chi connectivity index (χ4n) is 7.32. The van der Waals surface area contributed by atoms with Crippen LogP contribution in [0.5, 0.6) is 0 Å². The molecule has 1 aromatic heterocycles. The molecule has 0 saturated heterocycles. The standard InChI is InChI=1S/C25H28F2O5/c1-13-9-15-16-12-18(26)17-10-14(28)11-20(29)24(17,3)25(16,27)7-6-23(15,2)21(13)32-22(30)19-5-4-8-31-19/h4-5,8,10-11,13,15-16,18,21,29H,6-7,9,12H2,1-3H3/t13-,15+,16+,18+,21-,23+,24-,25-/m1/s1. The van der Waals surface area contributed by atoms with E-state index >= 15 is 8.78 Å². The van der Waals surface area contributed by atoms with E-state index in [9.17, 15) is 14.7 Å². The Labute approximate surface area is 185 Å². The topological polar surface area (TPSA) is 76.7 Å². The monoisotopic (exact) mass is 446 g/mol. The number of esters is 1. The first-order valence-electron chi connectivity index (χ1n) is 11.3. The highest BCUT2D eigenvalue weighted by Crippen LogP contribution is 2.70. The summed E-state index contributed by atoms with van der Waals surface area (Å²) in [4.78, 5) is 24.5. The lowest BCUT2D eigenvalue weighted by molar-refractivity contribution is -0.157. The van der Waals surface area contributed by atoms with Gasteiger partial charge in [-0.1, -0.05) is 13.8 Å². The van der Waals surface area contributed by atoms with E-state index in [0.29, 0.717) is 12.8 Å². The summed E-state index contributed by atoms with van der Waals surface area (Å²) in [7, 11) is 0. The van der Waals surface area contributed by atoms with Gasteiger partial charge in [0.2, 0.25) is 5.76 Å². The average molecular weight is 446 g/mol. The molecule has 0 radical (unpaired) electrons. The van der Waals surface area contributed by atoms with Crippen molar-refractivity contribution in [2.24, 2.45) is 28.6 Å². The van der Waals surface area contributed by atoms with Crippen molar-refractivity contribution in [2.75, 3.05) is 0 Å². The molecule has 0 aliphatic heterocycles. The molecule has 7 heteroatoms. The Bertz CT molecular complexity index is 1030. The minimum Gasteiger partial charge on any atom is -0.511 e. The Morgan fingerprint density at radius 3 is 2.66 bits per heavy atom. The number of ether oxygens (including phenoxy) is 1. The smallest absolute Gasteiger partial charge is 0.374 e. The van der Waals surface area contributed by atoms with Crippen molar-refractivity contribution in [2.45, 2.75) is 64.4 Å². The summed E-state index contributed by atoms with van der Waals surface area (Å²) in [5, 5.41) is 10.7. The number of alkyl halides is 2. The Hall–Kier alpha value is -2.44. The SMILES string of the molecule is C[C@@H]1C[C@H]2[C@@H]3C[C@H](F)C4=CC(=O)C=C(O)[C@]4(C)[C@@]3(F)CC[C@]2(C)[C@@H]1OC(=O)c1ccco1. The van der Waals surface area contributed by atoms with Crippen molar-refractivity contribution in [3.63, 3.8) is 0 Å². The summed E-state index contributed by atoms with van der Waals surface area (Å²) < 4.78 is 43.4. The number of furan rings is 1. The number of aliphatic hydroxyl groups excluding tert-OH is 1. The van der Waals surface area contributed by atoms with Crippen molar-refractivity contribution in [3.05, 3.63) is 47.6 Å². The molecule has 8 atom stereocenters. The first-order valence-corrected chi connectivity index (χ1v) is 11.3. The largest absolute Gasteiger partial charge is 0.511 e. The van der Waals surface area contributed by atoms with E-state index in [4.69, 9.17) is 9.15 Å². The van der Waals surface area contributed by atoms with Gasteiger partial charge in [-0.3, -0.25) is 4.79 Å². The molecule has 0 bridgehead atoms. The number of rotatable bonds is 2. The van der Waals surface area contributed by atoms with Crippen LogP contribution in [0, 0.1) is 28.6 Å². The van der Waals surface area contributed by atoms with E-state index in [0.717, 1.165) is 12.2 Å². The zero-order valence-electron chi connectivity index (χ0n) is 18.4. The molecule has 1 heterocycles. The number of ketones is 1. The van der Waals surface area contributed by atoms with Gasteiger partial charge in [0.05, 0.1) is 11.7 Å². The van der Waals surface area contributed by atoms with Gasteiger partial charge in [0, 0.05) is 17.4 Å². The molecule has 4 aliphatic carbocycles. The van der Waals surface area contributed by atoms with E-state index in [-0.39, 0.29) is 36.0 Å². The second kappa shape index (κ2) is 6.78. The van der Waals surface area contributed by atoms with Crippen LogP contribution in [0.25, 0.3) is 0 Å². The molecule has 0 unspecified atom stereocenters. The van der Waals surface area contributed by atoms with Crippen LogP contribution in [0.15, 0.2) is 46.3 Å². The molecule has 32 heavy (non-hydrogen) atoms. The fourth-order valence-corrected chi connectivity index (χ4v) is 7.32. The van der Waals surface area contributed by atoms with Crippen LogP contribution in [0.4, 0.5) is 8.78 Å². The normalized spacial score (nSPS) is 45.3. The quantitative estimate of drug-likeness (QED) is 0.625. The predicted molar refractivity (Wildman–Crippen MR) is 111 cm³/mol. The van der Waals surface area contributed by atoms with Gasteiger partial charge in [-0.05, 0) is 68.2 Å². The molecule has 4 aliphatic rings. The van der Waals surface area contributed by atoms with Crippen LogP contribution in [-0.4, -0.2) is 34.8 Å². The van der Waals surface area contributed by atoms with Crippen LogP contribution in [0.1, 0.15) is 57.0 Å². The number of hydrogen-bond acceptors (Lipinski definition) is 5. The lowest BCUT2D eigenvalue weighted by Crippen LogP contribution is -2.63. The number of carbonyl (C=O) groups is 2. The van der Waals surface area contributed by atoms with Crippen molar-refractivity contribution < 1.29 is 32.6 Å². The fraction of sp³-hybridized carbons (Fsp3) is 0.600. The van der Waals surface area contributed by atoms with Crippen LogP contribution in [0.2, 0.25) is 0 Å². The van der Waals surface area contributed by atoms with Gasteiger partial charge in [-0.2, -0.15) is 0 Å². The average Bonchev–Trinajstić information content (AvgIpc) is 3.35. The van der Waals surface area contributed by atoms with E-state index in [1.165, 1.54) is 19.3 Å². The number of fused-ring (bicyclic) bond motifs is 5. The third-order valence-corrected chi connectivity index (χ3v) is 8.99. The Kier molecular flexibility index (Phi) is 4.54. The van der Waals surface area contributed by atoms with Crippen molar-refractivity contribution in [1.29, 1.82) is 0 Å². The first kappa shape index (κ1) is 21.4. The molecule has 5 nitrogen and oxygen atoms in total. The Morgan fingerprint density at radius 2 is 1.97 bits per heavy atom. The summed E-state index contributed by atoms with van der Waals surface area (Å²) >= 11 is 0. The van der Waals surface area contributed by atoms with E-state index in [2.05, 4.69) is 0 Å². The lowest BCUT2D eigenvalue weighted by atomic mass is 9.46. The maximum Gasteiger partial charge on any atom is 0.374 e. The summed E-state index contributed by atoms with van der Waals surface area (Å²) in [6.07, 6.45) is 2.65. The molecule has 0 spiro atoms. The second-order valence-electron chi connectivity index (χ2n) is 10.5. The molecule has 0 amide bonds. The van der Waals surface area contributed by atoms with Gasteiger partial charge < -0.3 is 14.3 Å². The van der Waals surface area contributed by atoms with Gasteiger partial charge >= 0.3 is 5.97 Å². The van der Waals surface area contributed by atoms with Crippen molar-refractivity contribution >= 4 is 11.8 Å². The minimum absolute atomic E-state index is 0.0360. The van der Waals surface area contributed by atoms with Gasteiger partial charge in [0.1, 0.15) is 23.7 Å². The van der Waals surface area contributed by atoms with Gasteiger partial charge in [-0.25, -0.2) is 13.6 Å². The van der Waals surface area contributed by atoms with Crippen molar-refractivity contribution in [1.82, 2.24) is 0 Å². The zero-order valence-corrected chi connectivity index (χ0v) is 18.4. The summed E-state index contributed by atoms with van der Waals surface area (Å²) in [6, 6.07) is 3.15. The van der Waals surface area contributed by atoms with Crippen LogP contribution in [-0.2, 0) is 9.53 Å². The van der Waals surface area contributed by atoms with Gasteiger partial charge in [-0.15, -0.1) is 0 Å². The highest BCUT2D eigenvalue weighted by Gasteiger charge is 2.71. The summed E-state index contributed by atoms with van der Waals surface area (Å²) in [5.41, 5.74) is -3.96. The Balaban J connectivity index is 1.51. The summed E-state index contributed by atoms with van der Waals surface area (Å²) in [5.74, 6) is -2.28. The lowest BCUT2D eigenvalue weighted by Gasteiger charge is -2.60. The molecule has 172 valence electrons. The Morgan fingerprint density at radius 1 is 1.22 bits per heavy atom. The van der Waals surface area contributed by atoms with Crippen molar-refractivity contribution in [3.8, 4) is 0 Å². The molecular weight excluding hydrogens is 418 g/mol. The minimum atomic E-state index is -1.90. The van der Waals surface area contributed by atoms with Gasteiger partial charge in [0.25, 0.3) is 0 Å². The molecule has 3 saturated carbocycles. The molecule has 1 N–H and O–H groups in total.